The third-order valence-corrected chi connectivity index (χ3v) is 2.45. The Hall–Kier alpha value is -0.830. The van der Waals surface area contributed by atoms with E-state index in [0.29, 0.717) is 6.04 Å². The zero-order valence-electron chi connectivity index (χ0n) is 8.08. The number of hydrogen-bond donors (Lipinski definition) is 1. The third-order valence-electron chi connectivity index (χ3n) is 2.45. The number of rotatable bonds is 4. The average Bonchev–Trinajstić information content (AvgIpc) is 2.62. The van der Waals surface area contributed by atoms with E-state index < -0.39 is 0 Å². The van der Waals surface area contributed by atoms with Crippen LogP contribution in [0.2, 0.25) is 0 Å². The molecule has 0 saturated carbocycles. The Labute approximate surface area is 79.2 Å². The van der Waals surface area contributed by atoms with Crippen LogP contribution < -0.4 is 5.32 Å². The van der Waals surface area contributed by atoms with Crippen LogP contribution >= 0.6 is 0 Å². The minimum Gasteiger partial charge on any atom is -0.468 e. The van der Waals surface area contributed by atoms with E-state index >= 15 is 0 Å². The van der Waals surface area contributed by atoms with Crippen LogP contribution in [0.15, 0.2) is 12.7 Å². The fourth-order valence-corrected chi connectivity index (χ4v) is 1.69. The van der Waals surface area contributed by atoms with Gasteiger partial charge in [0.2, 0.25) is 0 Å². The molecule has 74 valence electrons. The van der Waals surface area contributed by atoms with Crippen LogP contribution in [0.4, 0.5) is 0 Å². The van der Waals surface area contributed by atoms with Crippen LogP contribution in [0.5, 0.6) is 0 Å². The van der Waals surface area contributed by atoms with Crippen molar-refractivity contribution in [3.63, 3.8) is 0 Å². The van der Waals surface area contributed by atoms with Crippen LogP contribution in [-0.4, -0.2) is 25.2 Å². The molecule has 1 aliphatic heterocycles. The van der Waals surface area contributed by atoms with Gasteiger partial charge in [-0.1, -0.05) is 6.08 Å². The minimum atomic E-state index is -0.138. The van der Waals surface area contributed by atoms with E-state index in [-0.39, 0.29) is 12.0 Å². The second-order valence-corrected chi connectivity index (χ2v) is 3.38. The molecule has 1 rings (SSSR count). The quantitative estimate of drug-likeness (QED) is 0.526. The molecule has 2 unspecified atom stereocenters. The van der Waals surface area contributed by atoms with Gasteiger partial charge in [0.1, 0.15) is 6.04 Å². The van der Waals surface area contributed by atoms with Gasteiger partial charge in [0.05, 0.1) is 7.11 Å². The fraction of sp³-hybridized carbons (Fsp3) is 0.700. The lowest BCUT2D eigenvalue weighted by molar-refractivity contribution is -0.142. The lowest BCUT2D eigenvalue weighted by Gasteiger charge is -2.11. The number of esters is 1. The van der Waals surface area contributed by atoms with Gasteiger partial charge in [0.25, 0.3) is 0 Å². The molecule has 0 spiro atoms. The van der Waals surface area contributed by atoms with Gasteiger partial charge in [-0.2, -0.15) is 0 Å². The molecule has 1 aliphatic rings. The first-order chi connectivity index (χ1) is 6.27. The van der Waals surface area contributed by atoms with Crippen LogP contribution in [0.3, 0.4) is 0 Å². The molecule has 0 aliphatic carbocycles. The molecule has 3 heteroatoms. The summed E-state index contributed by atoms with van der Waals surface area (Å²) in [5, 5.41) is 3.25. The molecule has 0 aromatic heterocycles. The van der Waals surface area contributed by atoms with Gasteiger partial charge in [-0.05, 0) is 25.7 Å². The SMILES string of the molecule is C=CCCC1CCC(C(=O)OC)N1. The summed E-state index contributed by atoms with van der Waals surface area (Å²) in [6, 6.07) is 0.377. The van der Waals surface area contributed by atoms with E-state index in [1.54, 1.807) is 0 Å². The Morgan fingerprint density at radius 1 is 1.69 bits per heavy atom. The van der Waals surface area contributed by atoms with Crippen molar-refractivity contribution in [1.29, 1.82) is 0 Å². The zero-order chi connectivity index (χ0) is 9.68. The highest BCUT2D eigenvalue weighted by Gasteiger charge is 2.28. The van der Waals surface area contributed by atoms with Gasteiger partial charge in [-0.25, -0.2) is 0 Å². The Kier molecular flexibility index (Phi) is 3.96. The summed E-state index contributed by atoms with van der Waals surface area (Å²) in [5.41, 5.74) is 0. The number of nitrogens with one attached hydrogen (secondary N) is 1. The average molecular weight is 183 g/mol. The van der Waals surface area contributed by atoms with Crippen molar-refractivity contribution in [3.8, 4) is 0 Å². The molecular weight excluding hydrogens is 166 g/mol. The number of allylic oxidation sites excluding steroid dienone is 1. The van der Waals surface area contributed by atoms with Gasteiger partial charge in [0, 0.05) is 6.04 Å². The van der Waals surface area contributed by atoms with Crippen molar-refractivity contribution in [2.75, 3.05) is 7.11 Å². The van der Waals surface area contributed by atoms with E-state index in [1.165, 1.54) is 7.11 Å². The fourth-order valence-electron chi connectivity index (χ4n) is 1.69. The Balaban J connectivity index is 2.27. The molecule has 1 heterocycles. The maximum absolute atomic E-state index is 11.1. The molecule has 1 N–H and O–H groups in total. The van der Waals surface area contributed by atoms with E-state index in [1.807, 2.05) is 6.08 Å². The smallest absolute Gasteiger partial charge is 0.322 e. The zero-order valence-corrected chi connectivity index (χ0v) is 8.08. The summed E-state index contributed by atoms with van der Waals surface area (Å²) >= 11 is 0. The molecule has 2 atom stereocenters. The highest BCUT2D eigenvalue weighted by Crippen LogP contribution is 2.17. The molecule has 0 aromatic rings. The third kappa shape index (κ3) is 2.84. The predicted molar refractivity (Wildman–Crippen MR) is 51.4 cm³/mol. The van der Waals surface area contributed by atoms with E-state index in [2.05, 4.69) is 16.6 Å². The van der Waals surface area contributed by atoms with Crippen molar-refractivity contribution in [1.82, 2.24) is 5.32 Å². The predicted octanol–water partition coefficient (Wildman–Crippen LogP) is 1.25. The summed E-state index contributed by atoms with van der Waals surface area (Å²) in [4.78, 5) is 11.1. The Bertz CT molecular complexity index is 191. The van der Waals surface area contributed by atoms with Crippen LogP contribution in [0, 0.1) is 0 Å². The monoisotopic (exact) mass is 183 g/mol. The summed E-state index contributed by atoms with van der Waals surface area (Å²) in [6.45, 7) is 3.67. The second-order valence-electron chi connectivity index (χ2n) is 3.38. The van der Waals surface area contributed by atoms with Crippen LogP contribution in [0.25, 0.3) is 0 Å². The van der Waals surface area contributed by atoms with E-state index in [0.717, 1.165) is 25.7 Å². The summed E-state index contributed by atoms with van der Waals surface area (Å²) in [5.74, 6) is -0.138. The van der Waals surface area contributed by atoms with Crippen molar-refractivity contribution in [2.24, 2.45) is 0 Å². The molecule has 0 amide bonds. The van der Waals surface area contributed by atoms with Crippen LogP contribution in [0.1, 0.15) is 25.7 Å². The number of carbonyl (C=O) groups excluding carboxylic acids is 1. The van der Waals surface area contributed by atoms with Crippen molar-refractivity contribution >= 4 is 5.97 Å². The largest absolute Gasteiger partial charge is 0.468 e. The second kappa shape index (κ2) is 5.02. The van der Waals surface area contributed by atoms with Gasteiger partial charge in [0.15, 0.2) is 0 Å². The maximum Gasteiger partial charge on any atom is 0.322 e. The van der Waals surface area contributed by atoms with Gasteiger partial charge in [-0.3, -0.25) is 4.79 Å². The van der Waals surface area contributed by atoms with Crippen LogP contribution in [-0.2, 0) is 9.53 Å². The lowest BCUT2D eigenvalue weighted by Crippen LogP contribution is -2.36. The highest BCUT2D eigenvalue weighted by atomic mass is 16.5. The molecule has 0 aromatic carbocycles. The number of ether oxygens (including phenoxy) is 1. The molecular formula is C10H17NO2. The van der Waals surface area contributed by atoms with Crippen molar-refractivity contribution in [3.05, 3.63) is 12.7 Å². The van der Waals surface area contributed by atoms with E-state index in [4.69, 9.17) is 0 Å². The Morgan fingerprint density at radius 3 is 3.08 bits per heavy atom. The molecule has 1 saturated heterocycles. The normalized spacial score (nSPS) is 27.2. The first-order valence-corrected chi connectivity index (χ1v) is 4.72. The van der Waals surface area contributed by atoms with Crippen molar-refractivity contribution < 1.29 is 9.53 Å². The lowest BCUT2D eigenvalue weighted by atomic mass is 10.1. The summed E-state index contributed by atoms with van der Waals surface area (Å²) < 4.78 is 4.67. The standard InChI is InChI=1S/C10H17NO2/c1-3-4-5-8-6-7-9(11-8)10(12)13-2/h3,8-9,11H,1,4-7H2,2H3. The molecule has 1 fully saturated rings. The number of carbonyl (C=O) groups is 1. The minimum absolute atomic E-state index is 0.0835. The maximum atomic E-state index is 11.1. The first kappa shape index (κ1) is 10.3. The van der Waals surface area contributed by atoms with E-state index in [9.17, 15) is 4.79 Å². The highest BCUT2D eigenvalue weighted by molar-refractivity contribution is 5.76. The number of hydrogen-bond acceptors (Lipinski definition) is 3. The molecule has 3 nitrogen and oxygen atoms in total. The summed E-state index contributed by atoms with van der Waals surface area (Å²) in [6.07, 6.45) is 5.94. The topological polar surface area (TPSA) is 38.3 Å². The number of methoxy groups -OCH3 is 1. The van der Waals surface area contributed by atoms with Gasteiger partial charge in [-0.15, -0.1) is 6.58 Å². The summed E-state index contributed by atoms with van der Waals surface area (Å²) in [7, 11) is 1.43. The molecule has 13 heavy (non-hydrogen) atoms. The molecule has 0 bridgehead atoms. The van der Waals surface area contributed by atoms with Gasteiger partial charge >= 0.3 is 5.97 Å². The Morgan fingerprint density at radius 2 is 2.46 bits per heavy atom. The molecule has 0 radical (unpaired) electrons. The van der Waals surface area contributed by atoms with Gasteiger partial charge < -0.3 is 10.1 Å². The first-order valence-electron chi connectivity index (χ1n) is 4.72. The van der Waals surface area contributed by atoms with Crippen molar-refractivity contribution in [2.45, 2.75) is 37.8 Å².